The molecule has 1 unspecified atom stereocenters. The quantitative estimate of drug-likeness (QED) is 0.298. The Morgan fingerprint density at radius 1 is 1.09 bits per heavy atom. The van der Waals surface area contributed by atoms with Gasteiger partial charge in [-0.2, -0.15) is 0 Å². The van der Waals surface area contributed by atoms with Crippen LogP contribution in [-0.4, -0.2) is 31.9 Å². The van der Waals surface area contributed by atoms with Crippen LogP contribution in [0.1, 0.15) is 36.5 Å². The number of benzene rings is 2. The maximum absolute atomic E-state index is 13.7. The molecule has 0 saturated carbocycles. The summed E-state index contributed by atoms with van der Waals surface area (Å²) < 4.78 is 58.1. The number of anilines is 2. The summed E-state index contributed by atoms with van der Waals surface area (Å²) in [4.78, 5) is -0.0525. The van der Waals surface area contributed by atoms with Crippen molar-refractivity contribution in [3.63, 3.8) is 0 Å². The van der Waals surface area contributed by atoms with Crippen LogP contribution in [0.2, 0.25) is 0 Å². The van der Waals surface area contributed by atoms with Crippen LogP contribution in [0, 0.1) is 13.8 Å². The third-order valence-electron chi connectivity index (χ3n) is 4.95. The van der Waals surface area contributed by atoms with Crippen molar-refractivity contribution in [1.29, 1.82) is 0 Å². The molecular weight excluding hydrogens is 481 g/mol. The SMILES string of the molecule is CCOP(=O)(OCC)C(Nc1cccc(S(=O)(=O)Nc2onc(C)c2C)c1)c1cccc(O)c1. The van der Waals surface area contributed by atoms with Crippen molar-refractivity contribution in [2.75, 3.05) is 23.3 Å². The van der Waals surface area contributed by atoms with Crippen LogP contribution in [0.25, 0.3) is 0 Å². The van der Waals surface area contributed by atoms with Crippen molar-refractivity contribution in [1.82, 2.24) is 5.16 Å². The highest BCUT2D eigenvalue weighted by Crippen LogP contribution is 2.61. The molecule has 184 valence electrons. The summed E-state index contributed by atoms with van der Waals surface area (Å²) in [5.74, 6) is -1.00. The van der Waals surface area contributed by atoms with Gasteiger partial charge in [-0.1, -0.05) is 23.4 Å². The number of hydrogen-bond acceptors (Lipinski definition) is 9. The van der Waals surface area contributed by atoms with E-state index in [9.17, 15) is 18.1 Å². The third kappa shape index (κ3) is 5.79. The van der Waals surface area contributed by atoms with E-state index < -0.39 is 23.4 Å². The van der Waals surface area contributed by atoms with Gasteiger partial charge in [0, 0.05) is 11.3 Å². The zero-order chi connectivity index (χ0) is 24.9. The summed E-state index contributed by atoms with van der Waals surface area (Å²) in [6.07, 6.45) is 0. The fourth-order valence-electron chi connectivity index (χ4n) is 3.19. The fraction of sp³-hybridized carbons (Fsp3) is 0.318. The predicted octanol–water partition coefficient (Wildman–Crippen LogP) is 5.17. The summed E-state index contributed by atoms with van der Waals surface area (Å²) in [6.45, 7) is 7.04. The number of aryl methyl sites for hydroxylation is 1. The highest BCUT2D eigenvalue weighted by atomic mass is 32.2. The van der Waals surface area contributed by atoms with Crippen LogP contribution >= 0.6 is 7.60 Å². The topological polar surface area (TPSA) is 140 Å². The number of sulfonamides is 1. The van der Waals surface area contributed by atoms with Crippen LogP contribution in [0.4, 0.5) is 11.6 Å². The maximum Gasteiger partial charge on any atom is 0.357 e. The van der Waals surface area contributed by atoms with E-state index in [0.717, 1.165) is 0 Å². The zero-order valence-electron chi connectivity index (χ0n) is 19.3. The molecule has 0 saturated heterocycles. The van der Waals surface area contributed by atoms with Crippen LogP contribution in [0.3, 0.4) is 0 Å². The molecule has 3 rings (SSSR count). The minimum absolute atomic E-state index is 0.0258. The van der Waals surface area contributed by atoms with E-state index in [1.807, 2.05) is 0 Å². The van der Waals surface area contributed by atoms with Gasteiger partial charge in [0.15, 0.2) is 5.78 Å². The molecule has 3 aromatic rings. The number of rotatable bonds is 11. The van der Waals surface area contributed by atoms with Crippen molar-refractivity contribution < 1.29 is 31.7 Å². The van der Waals surface area contributed by atoms with Gasteiger partial charge in [-0.3, -0.25) is 4.57 Å². The molecule has 0 bridgehead atoms. The minimum Gasteiger partial charge on any atom is -0.508 e. The zero-order valence-corrected chi connectivity index (χ0v) is 21.0. The van der Waals surface area contributed by atoms with Crippen molar-refractivity contribution >= 4 is 29.2 Å². The molecule has 1 atom stereocenters. The van der Waals surface area contributed by atoms with Crippen LogP contribution < -0.4 is 10.0 Å². The first-order valence-corrected chi connectivity index (χ1v) is 13.7. The van der Waals surface area contributed by atoms with Crippen molar-refractivity contribution in [3.8, 4) is 5.75 Å². The Bertz CT molecular complexity index is 1280. The molecule has 0 aliphatic rings. The normalized spacial score (nSPS) is 12.9. The molecule has 0 radical (unpaired) electrons. The summed E-state index contributed by atoms with van der Waals surface area (Å²) in [7, 11) is -7.76. The van der Waals surface area contributed by atoms with E-state index in [0.29, 0.717) is 22.5 Å². The Labute approximate surface area is 198 Å². The molecule has 1 heterocycles. The number of phenolic OH excluding ortho intramolecular Hbond substituents is 1. The second-order valence-corrected chi connectivity index (χ2v) is 11.2. The van der Waals surface area contributed by atoms with Gasteiger partial charge in [0.25, 0.3) is 10.0 Å². The van der Waals surface area contributed by atoms with Gasteiger partial charge in [0.2, 0.25) is 5.88 Å². The standard InChI is InChI=1S/C22H28N3O7PS/c1-5-30-33(27,31-6-2)22(17-9-7-11-19(26)13-17)23-18-10-8-12-20(14-18)34(28,29)25-21-15(3)16(4)24-32-21/h7-14,22-23,25-26H,5-6H2,1-4H3. The molecule has 0 aliphatic carbocycles. The summed E-state index contributed by atoms with van der Waals surface area (Å²) in [5, 5.41) is 16.8. The minimum atomic E-state index is -4.00. The number of hydrogen-bond donors (Lipinski definition) is 3. The Hall–Kier alpha value is -2.85. The van der Waals surface area contributed by atoms with Gasteiger partial charge in [-0.25, -0.2) is 13.1 Å². The van der Waals surface area contributed by atoms with Crippen LogP contribution in [0.15, 0.2) is 57.9 Å². The number of aromatic nitrogens is 1. The Kier molecular flexibility index (Phi) is 8.04. The second kappa shape index (κ2) is 10.6. The maximum atomic E-state index is 13.7. The van der Waals surface area contributed by atoms with Gasteiger partial charge in [0.05, 0.1) is 23.8 Å². The van der Waals surface area contributed by atoms with Gasteiger partial charge in [-0.05, 0) is 63.6 Å². The van der Waals surface area contributed by atoms with Gasteiger partial charge in [0.1, 0.15) is 5.75 Å². The molecule has 0 amide bonds. The molecule has 12 heteroatoms. The highest BCUT2D eigenvalue weighted by molar-refractivity contribution is 7.92. The summed E-state index contributed by atoms with van der Waals surface area (Å²) in [6, 6.07) is 12.2. The second-order valence-electron chi connectivity index (χ2n) is 7.37. The first-order chi connectivity index (χ1) is 16.1. The van der Waals surface area contributed by atoms with Crippen molar-refractivity contribution in [2.24, 2.45) is 0 Å². The average Bonchev–Trinajstić information content (AvgIpc) is 3.09. The summed E-state index contributed by atoms with van der Waals surface area (Å²) in [5.41, 5.74) is 1.95. The van der Waals surface area contributed by atoms with Gasteiger partial charge < -0.3 is 24.0 Å². The smallest absolute Gasteiger partial charge is 0.357 e. The summed E-state index contributed by atoms with van der Waals surface area (Å²) >= 11 is 0. The monoisotopic (exact) mass is 509 g/mol. The van der Waals surface area contributed by atoms with Crippen LogP contribution in [0.5, 0.6) is 5.75 Å². The van der Waals surface area contributed by atoms with E-state index in [4.69, 9.17) is 13.6 Å². The molecule has 1 aromatic heterocycles. The molecule has 34 heavy (non-hydrogen) atoms. The average molecular weight is 510 g/mol. The molecular formula is C22H28N3O7PS. The third-order valence-corrected chi connectivity index (χ3v) is 8.58. The first kappa shape index (κ1) is 25.8. The van der Waals surface area contributed by atoms with E-state index in [1.54, 1.807) is 52.0 Å². The molecule has 2 aromatic carbocycles. The molecule has 0 fully saturated rings. The molecule has 3 N–H and O–H groups in total. The van der Waals surface area contributed by atoms with Gasteiger partial charge >= 0.3 is 7.60 Å². The molecule has 0 spiro atoms. The van der Waals surface area contributed by atoms with Crippen LogP contribution in [-0.2, 0) is 23.6 Å². The molecule has 0 aliphatic heterocycles. The number of nitrogens with zero attached hydrogens (tertiary/aromatic N) is 1. The van der Waals surface area contributed by atoms with Crippen molar-refractivity contribution in [2.45, 2.75) is 38.4 Å². The lowest BCUT2D eigenvalue weighted by Crippen LogP contribution is -2.16. The van der Waals surface area contributed by atoms with E-state index >= 15 is 0 Å². The Balaban J connectivity index is 1.98. The number of aromatic hydroxyl groups is 1. The van der Waals surface area contributed by atoms with E-state index in [-0.39, 0.29) is 29.7 Å². The Morgan fingerprint density at radius 2 is 1.76 bits per heavy atom. The molecule has 10 nitrogen and oxygen atoms in total. The highest BCUT2D eigenvalue weighted by Gasteiger charge is 2.37. The lowest BCUT2D eigenvalue weighted by atomic mass is 10.2. The van der Waals surface area contributed by atoms with Crippen molar-refractivity contribution in [3.05, 3.63) is 65.4 Å². The predicted molar refractivity (Wildman–Crippen MR) is 129 cm³/mol. The number of nitrogens with one attached hydrogen (secondary N) is 2. The number of phenols is 1. The fourth-order valence-corrected chi connectivity index (χ4v) is 6.21. The van der Waals surface area contributed by atoms with E-state index in [2.05, 4.69) is 15.2 Å². The largest absolute Gasteiger partial charge is 0.508 e. The van der Waals surface area contributed by atoms with Gasteiger partial charge in [-0.15, -0.1) is 0 Å². The lowest BCUT2D eigenvalue weighted by Gasteiger charge is -2.28. The Morgan fingerprint density at radius 3 is 2.35 bits per heavy atom. The lowest BCUT2D eigenvalue weighted by molar-refractivity contribution is 0.214. The first-order valence-electron chi connectivity index (χ1n) is 10.6. The van der Waals surface area contributed by atoms with E-state index in [1.165, 1.54) is 24.3 Å².